The van der Waals surface area contributed by atoms with Gasteiger partial charge in [-0.2, -0.15) is 0 Å². The van der Waals surface area contributed by atoms with Crippen LogP contribution in [-0.2, 0) is 0 Å². The molecule has 3 nitrogen and oxygen atoms in total. The number of nitrogens with zero attached hydrogens (tertiary/aromatic N) is 1. The number of hydrogen-bond donors (Lipinski definition) is 2. The zero-order valence-electron chi connectivity index (χ0n) is 8.55. The topological polar surface area (TPSA) is 50.9 Å². The summed E-state index contributed by atoms with van der Waals surface area (Å²) in [4.78, 5) is 4.09. The minimum Gasteiger partial charge on any atom is -0.396 e. The van der Waals surface area contributed by atoms with Crippen LogP contribution >= 0.6 is 39.1 Å². The molecule has 0 atom stereocenters. The number of benzene rings is 1. The Hall–Kier alpha value is -0.970. The average Bonchev–Trinajstić information content (AvgIpc) is 2.29. The number of pyridine rings is 1. The van der Waals surface area contributed by atoms with Crippen molar-refractivity contribution in [2.75, 3.05) is 11.1 Å². The predicted molar refractivity (Wildman–Crippen MR) is 76.1 cm³/mol. The lowest BCUT2D eigenvalue weighted by Crippen LogP contribution is -1.99. The average molecular weight is 333 g/mol. The van der Waals surface area contributed by atoms with E-state index in [-0.39, 0.29) is 0 Å². The maximum atomic E-state index is 5.99. The molecule has 0 aliphatic rings. The third kappa shape index (κ3) is 3.03. The van der Waals surface area contributed by atoms with Crippen LogP contribution in [0.25, 0.3) is 0 Å². The minimum absolute atomic E-state index is 0.380. The molecule has 0 radical (unpaired) electrons. The van der Waals surface area contributed by atoms with E-state index in [0.29, 0.717) is 21.7 Å². The van der Waals surface area contributed by atoms with E-state index in [2.05, 4.69) is 26.2 Å². The van der Waals surface area contributed by atoms with Crippen LogP contribution in [0.15, 0.2) is 34.8 Å². The Morgan fingerprint density at radius 1 is 1.18 bits per heavy atom. The lowest BCUT2D eigenvalue weighted by atomic mass is 10.3. The van der Waals surface area contributed by atoms with Crippen molar-refractivity contribution in [3.05, 3.63) is 45.0 Å². The molecule has 1 aromatic carbocycles. The SMILES string of the molecule is Nc1ccc(Cl)nc1Nc1ccc(Br)c(Cl)c1. The van der Waals surface area contributed by atoms with E-state index >= 15 is 0 Å². The highest BCUT2D eigenvalue weighted by molar-refractivity contribution is 9.10. The first-order valence-corrected chi connectivity index (χ1v) is 6.25. The van der Waals surface area contributed by atoms with Crippen molar-refractivity contribution in [2.45, 2.75) is 0 Å². The van der Waals surface area contributed by atoms with E-state index in [1.54, 1.807) is 18.2 Å². The second-order valence-electron chi connectivity index (χ2n) is 3.33. The lowest BCUT2D eigenvalue weighted by Gasteiger charge is -2.09. The molecule has 0 aliphatic carbocycles. The first-order valence-electron chi connectivity index (χ1n) is 4.70. The highest BCUT2D eigenvalue weighted by atomic mass is 79.9. The first-order chi connectivity index (χ1) is 8.06. The maximum absolute atomic E-state index is 5.99. The van der Waals surface area contributed by atoms with Crippen LogP contribution in [0.3, 0.4) is 0 Å². The fraction of sp³-hybridized carbons (Fsp3) is 0. The van der Waals surface area contributed by atoms with Gasteiger partial charge in [-0.15, -0.1) is 0 Å². The summed E-state index contributed by atoms with van der Waals surface area (Å²) in [5, 5.41) is 4.04. The van der Waals surface area contributed by atoms with Crippen molar-refractivity contribution in [1.29, 1.82) is 0 Å². The van der Waals surface area contributed by atoms with Gasteiger partial charge in [0.05, 0.1) is 10.7 Å². The minimum atomic E-state index is 0.380. The zero-order chi connectivity index (χ0) is 12.4. The number of halogens is 3. The molecule has 3 N–H and O–H groups in total. The van der Waals surface area contributed by atoms with Gasteiger partial charge >= 0.3 is 0 Å². The molecule has 0 unspecified atom stereocenters. The molecule has 0 fully saturated rings. The third-order valence-electron chi connectivity index (χ3n) is 2.07. The number of anilines is 3. The largest absolute Gasteiger partial charge is 0.396 e. The fourth-order valence-electron chi connectivity index (χ4n) is 1.26. The summed E-state index contributed by atoms with van der Waals surface area (Å²) in [7, 11) is 0. The molecular formula is C11H8BrCl2N3. The standard InChI is InChI=1S/C11H8BrCl2N3/c12-7-2-1-6(5-8(7)13)16-11-9(15)3-4-10(14)17-11/h1-5H,15H2,(H,16,17). The predicted octanol–water partition coefficient (Wildman–Crippen LogP) is 4.48. The van der Waals surface area contributed by atoms with E-state index in [4.69, 9.17) is 28.9 Å². The van der Waals surface area contributed by atoms with Crippen LogP contribution in [0, 0.1) is 0 Å². The molecule has 1 heterocycles. The summed E-state index contributed by atoms with van der Waals surface area (Å²) < 4.78 is 0.830. The summed E-state index contributed by atoms with van der Waals surface area (Å²) in [6.07, 6.45) is 0. The van der Waals surface area contributed by atoms with Gasteiger partial charge in [0.25, 0.3) is 0 Å². The Morgan fingerprint density at radius 3 is 2.65 bits per heavy atom. The zero-order valence-corrected chi connectivity index (χ0v) is 11.6. The Balaban J connectivity index is 2.31. The molecule has 2 rings (SSSR count). The number of aromatic nitrogens is 1. The Kier molecular flexibility index (Phi) is 3.76. The second kappa shape index (κ2) is 5.12. The summed E-state index contributed by atoms with van der Waals surface area (Å²) in [5.41, 5.74) is 7.09. The molecule has 88 valence electrons. The van der Waals surface area contributed by atoms with Crippen LogP contribution in [0.4, 0.5) is 17.2 Å². The molecule has 0 spiro atoms. The van der Waals surface area contributed by atoms with Crippen molar-refractivity contribution in [2.24, 2.45) is 0 Å². The van der Waals surface area contributed by atoms with Crippen molar-refractivity contribution in [3.8, 4) is 0 Å². The monoisotopic (exact) mass is 331 g/mol. The lowest BCUT2D eigenvalue weighted by molar-refractivity contribution is 1.31. The molecular weight excluding hydrogens is 325 g/mol. The number of nitrogens with two attached hydrogens (primary N) is 1. The van der Waals surface area contributed by atoms with Crippen molar-refractivity contribution < 1.29 is 0 Å². The van der Waals surface area contributed by atoms with Crippen LogP contribution in [0.2, 0.25) is 10.2 Å². The summed E-state index contributed by atoms with van der Waals surface area (Å²) in [6, 6.07) is 8.80. The van der Waals surface area contributed by atoms with Gasteiger partial charge in [-0.05, 0) is 46.3 Å². The second-order valence-corrected chi connectivity index (χ2v) is 4.97. The van der Waals surface area contributed by atoms with E-state index in [0.717, 1.165) is 10.2 Å². The molecule has 0 saturated carbocycles. The number of nitrogens with one attached hydrogen (secondary N) is 1. The van der Waals surface area contributed by atoms with Gasteiger partial charge in [0.1, 0.15) is 5.15 Å². The Labute approximate surface area is 117 Å². The third-order valence-corrected chi connectivity index (χ3v) is 3.52. The quantitative estimate of drug-likeness (QED) is 0.797. The molecule has 0 amide bonds. The molecule has 17 heavy (non-hydrogen) atoms. The van der Waals surface area contributed by atoms with Gasteiger partial charge in [-0.1, -0.05) is 23.2 Å². The molecule has 0 aliphatic heterocycles. The molecule has 6 heteroatoms. The Morgan fingerprint density at radius 2 is 1.94 bits per heavy atom. The van der Waals surface area contributed by atoms with Gasteiger partial charge < -0.3 is 11.1 Å². The van der Waals surface area contributed by atoms with Gasteiger partial charge in [0.15, 0.2) is 5.82 Å². The van der Waals surface area contributed by atoms with Crippen LogP contribution in [-0.4, -0.2) is 4.98 Å². The highest BCUT2D eigenvalue weighted by Gasteiger charge is 2.04. The van der Waals surface area contributed by atoms with Crippen LogP contribution < -0.4 is 11.1 Å². The summed E-state index contributed by atoms with van der Waals surface area (Å²) in [6.45, 7) is 0. The van der Waals surface area contributed by atoms with Crippen LogP contribution in [0.1, 0.15) is 0 Å². The van der Waals surface area contributed by atoms with E-state index in [1.165, 1.54) is 0 Å². The molecule has 1 aromatic heterocycles. The van der Waals surface area contributed by atoms with Crippen LogP contribution in [0.5, 0.6) is 0 Å². The maximum Gasteiger partial charge on any atom is 0.155 e. The van der Waals surface area contributed by atoms with Gasteiger partial charge in [-0.3, -0.25) is 0 Å². The van der Waals surface area contributed by atoms with Gasteiger partial charge in [0.2, 0.25) is 0 Å². The summed E-state index contributed by atoms with van der Waals surface area (Å²) in [5.74, 6) is 0.510. The van der Waals surface area contributed by atoms with Crippen molar-refractivity contribution in [3.63, 3.8) is 0 Å². The highest BCUT2D eigenvalue weighted by Crippen LogP contribution is 2.28. The van der Waals surface area contributed by atoms with E-state index in [9.17, 15) is 0 Å². The fourth-order valence-corrected chi connectivity index (χ4v) is 1.83. The first kappa shape index (κ1) is 12.5. The number of hydrogen-bond acceptors (Lipinski definition) is 3. The van der Waals surface area contributed by atoms with Crippen molar-refractivity contribution >= 4 is 56.3 Å². The molecule has 0 saturated heterocycles. The summed E-state index contributed by atoms with van der Waals surface area (Å²) >= 11 is 15.1. The number of rotatable bonds is 2. The van der Waals surface area contributed by atoms with Gasteiger partial charge in [-0.25, -0.2) is 4.98 Å². The smallest absolute Gasteiger partial charge is 0.155 e. The number of nitrogen functional groups attached to an aromatic ring is 1. The normalized spacial score (nSPS) is 10.3. The van der Waals surface area contributed by atoms with Gasteiger partial charge in [0, 0.05) is 10.2 Å². The molecule has 2 aromatic rings. The van der Waals surface area contributed by atoms with E-state index in [1.807, 2.05) is 12.1 Å². The van der Waals surface area contributed by atoms with Crippen molar-refractivity contribution in [1.82, 2.24) is 4.98 Å². The molecule has 0 bridgehead atoms. The Bertz CT molecular complexity index is 560. The van der Waals surface area contributed by atoms with E-state index < -0.39 is 0 Å².